The summed E-state index contributed by atoms with van der Waals surface area (Å²) in [4.78, 5) is 27.2. The number of likely N-dealkylation sites (tertiary alicyclic amines) is 1. The van der Waals surface area contributed by atoms with Crippen LogP contribution in [-0.4, -0.2) is 36.5 Å². The van der Waals surface area contributed by atoms with Crippen LogP contribution in [0.1, 0.15) is 17.5 Å². The van der Waals surface area contributed by atoms with Crippen molar-refractivity contribution in [1.29, 1.82) is 0 Å². The zero-order chi connectivity index (χ0) is 21.3. The Labute approximate surface area is 182 Å². The van der Waals surface area contributed by atoms with Gasteiger partial charge in [-0.3, -0.25) is 4.79 Å². The molecule has 5 nitrogen and oxygen atoms in total. The molecule has 5 heteroatoms. The maximum absolute atomic E-state index is 12.8. The molecule has 1 spiro atoms. The summed E-state index contributed by atoms with van der Waals surface area (Å²) in [5, 5.41) is 6.01. The number of hydrogen-bond donors (Lipinski definition) is 2. The summed E-state index contributed by atoms with van der Waals surface area (Å²) < 4.78 is 0. The van der Waals surface area contributed by atoms with E-state index >= 15 is 0 Å². The Morgan fingerprint density at radius 2 is 1.74 bits per heavy atom. The van der Waals surface area contributed by atoms with Crippen molar-refractivity contribution in [2.75, 3.05) is 25.0 Å². The van der Waals surface area contributed by atoms with Crippen LogP contribution >= 0.6 is 0 Å². The molecule has 2 aliphatic heterocycles. The van der Waals surface area contributed by atoms with Crippen molar-refractivity contribution < 1.29 is 9.59 Å². The Hall–Kier alpha value is -3.60. The third kappa shape index (κ3) is 3.56. The first-order valence-electron chi connectivity index (χ1n) is 10.7. The molecule has 1 fully saturated rings. The van der Waals surface area contributed by atoms with E-state index in [9.17, 15) is 9.59 Å². The second-order valence-corrected chi connectivity index (χ2v) is 8.30. The van der Waals surface area contributed by atoms with Crippen molar-refractivity contribution in [3.05, 3.63) is 90.0 Å². The minimum absolute atomic E-state index is 0.00160. The van der Waals surface area contributed by atoms with E-state index in [1.807, 2.05) is 42.5 Å². The number of urea groups is 1. The molecule has 3 aromatic rings. The number of nitrogens with zero attached hydrogens (tertiary/aromatic N) is 1. The fourth-order valence-corrected chi connectivity index (χ4v) is 4.72. The molecule has 5 rings (SSSR count). The fourth-order valence-electron chi connectivity index (χ4n) is 4.72. The zero-order valence-corrected chi connectivity index (χ0v) is 17.3. The summed E-state index contributed by atoms with van der Waals surface area (Å²) >= 11 is 0. The van der Waals surface area contributed by atoms with Crippen LogP contribution < -0.4 is 10.6 Å². The molecule has 1 atom stereocenters. The quantitative estimate of drug-likeness (QED) is 0.676. The van der Waals surface area contributed by atoms with Crippen molar-refractivity contribution >= 4 is 17.6 Å². The highest BCUT2D eigenvalue weighted by atomic mass is 16.2. The minimum Gasteiger partial charge on any atom is -0.338 e. The highest BCUT2D eigenvalue weighted by Crippen LogP contribution is 2.43. The van der Waals surface area contributed by atoms with Crippen LogP contribution in [0.4, 0.5) is 10.5 Å². The molecule has 1 saturated heterocycles. The van der Waals surface area contributed by atoms with Gasteiger partial charge in [-0.25, -0.2) is 4.79 Å². The van der Waals surface area contributed by atoms with Gasteiger partial charge in [0.2, 0.25) is 5.91 Å². The average Bonchev–Trinajstić information content (AvgIpc) is 3.38. The van der Waals surface area contributed by atoms with Crippen LogP contribution in [0.25, 0.3) is 11.1 Å². The Balaban J connectivity index is 1.20. The maximum atomic E-state index is 12.8. The third-order valence-electron chi connectivity index (χ3n) is 6.41. The molecule has 0 radical (unpaired) electrons. The van der Waals surface area contributed by atoms with Gasteiger partial charge in [-0.15, -0.1) is 0 Å². The first kappa shape index (κ1) is 19.4. The molecule has 1 unspecified atom stereocenters. The van der Waals surface area contributed by atoms with E-state index in [1.165, 1.54) is 16.7 Å². The average molecular weight is 412 g/mol. The Kier molecular flexibility index (Phi) is 4.94. The molecule has 0 aromatic heterocycles. The number of para-hydroxylation sites is 1. The lowest BCUT2D eigenvalue weighted by Gasteiger charge is -2.22. The molecule has 156 valence electrons. The maximum Gasteiger partial charge on any atom is 0.317 e. The number of benzene rings is 3. The van der Waals surface area contributed by atoms with Gasteiger partial charge in [-0.1, -0.05) is 72.8 Å². The van der Waals surface area contributed by atoms with Gasteiger partial charge in [0.05, 0.1) is 5.41 Å². The van der Waals surface area contributed by atoms with Gasteiger partial charge in [-0.05, 0) is 41.2 Å². The predicted octanol–water partition coefficient (Wildman–Crippen LogP) is 4.20. The van der Waals surface area contributed by atoms with Gasteiger partial charge in [0.1, 0.15) is 0 Å². The molecule has 0 aliphatic carbocycles. The van der Waals surface area contributed by atoms with E-state index in [0.29, 0.717) is 26.1 Å². The van der Waals surface area contributed by atoms with Crippen LogP contribution in [-0.2, 0) is 16.6 Å². The van der Waals surface area contributed by atoms with Crippen molar-refractivity contribution in [2.24, 2.45) is 0 Å². The monoisotopic (exact) mass is 411 g/mol. The lowest BCUT2D eigenvalue weighted by molar-refractivity contribution is -0.120. The second kappa shape index (κ2) is 7.91. The van der Waals surface area contributed by atoms with Crippen LogP contribution in [0.5, 0.6) is 0 Å². The number of anilines is 1. The lowest BCUT2D eigenvalue weighted by Crippen LogP contribution is -2.43. The second-order valence-electron chi connectivity index (χ2n) is 8.30. The van der Waals surface area contributed by atoms with Gasteiger partial charge in [-0.2, -0.15) is 0 Å². The summed E-state index contributed by atoms with van der Waals surface area (Å²) in [6, 6.07) is 26.4. The minimum atomic E-state index is -0.613. The van der Waals surface area contributed by atoms with E-state index in [0.717, 1.165) is 17.7 Å². The summed E-state index contributed by atoms with van der Waals surface area (Å²) in [5.41, 5.74) is 4.81. The number of hydrogen-bond acceptors (Lipinski definition) is 2. The summed E-state index contributed by atoms with van der Waals surface area (Å²) in [6.07, 6.45) is 1.41. The van der Waals surface area contributed by atoms with Crippen molar-refractivity contribution in [1.82, 2.24) is 10.2 Å². The van der Waals surface area contributed by atoms with E-state index in [1.54, 1.807) is 4.90 Å². The number of rotatable bonds is 4. The van der Waals surface area contributed by atoms with Gasteiger partial charge >= 0.3 is 6.03 Å². The zero-order valence-electron chi connectivity index (χ0n) is 17.3. The first-order valence-corrected chi connectivity index (χ1v) is 10.7. The Morgan fingerprint density at radius 1 is 0.968 bits per heavy atom. The van der Waals surface area contributed by atoms with E-state index in [2.05, 4.69) is 47.0 Å². The fraction of sp³-hybridized carbons (Fsp3) is 0.231. The highest BCUT2D eigenvalue weighted by molar-refractivity contribution is 6.07. The standard InChI is InChI=1S/C26H25N3O2/c30-24-26(22-11-4-5-12-23(22)28-24)14-16-29(18-26)25(31)27-15-13-19-7-6-10-21(17-19)20-8-2-1-3-9-20/h1-12,17H,13-16,18H2,(H,27,31)(H,28,30). The molecule has 2 N–H and O–H groups in total. The van der Waals surface area contributed by atoms with Crippen LogP contribution in [0, 0.1) is 0 Å². The number of nitrogens with one attached hydrogen (secondary N) is 2. The number of amides is 3. The van der Waals surface area contributed by atoms with Crippen molar-refractivity contribution in [3.63, 3.8) is 0 Å². The van der Waals surface area contributed by atoms with E-state index in [4.69, 9.17) is 0 Å². The lowest BCUT2D eigenvalue weighted by atomic mass is 9.81. The SMILES string of the molecule is O=C(NCCc1cccc(-c2ccccc2)c1)N1CCC2(C1)C(=O)Nc1ccccc12. The molecule has 0 bridgehead atoms. The van der Waals surface area contributed by atoms with Gasteiger partial charge in [0, 0.05) is 25.3 Å². The predicted molar refractivity (Wildman–Crippen MR) is 122 cm³/mol. The molecule has 2 aliphatic rings. The van der Waals surface area contributed by atoms with Crippen LogP contribution in [0.15, 0.2) is 78.9 Å². The molecule has 3 aromatic carbocycles. The topological polar surface area (TPSA) is 61.4 Å². The van der Waals surface area contributed by atoms with Crippen molar-refractivity contribution in [2.45, 2.75) is 18.3 Å². The number of fused-ring (bicyclic) bond motifs is 2. The van der Waals surface area contributed by atoms with Gasteiger partial charge < -0.3 is 15.5 Å². The molecule has 0 saturated carbocycles. The third-order valence-corrected chi connectivity index (χ3v) is 6.41. The van der Waals surface area contributed by atoms with Gasteiger partial charge in [0.15, 0.2) is 0 Å². The van der Waals surface area contributed by atoms with Crippen LogP contribution in [0.2, 0.25) is 0 Å². The molecular formula is C26H25N3O2. The Morgan fingerprint density at radius 3 is 2.61 bits per heavy atom. The van der Waals surface area contributed by atoms with Crippen molar-refractivity contribution in [3.8, 4) is 11.1 Å². The Bertz CT molecular complexity index is 1130. The highest BCUT2D eigenvalue weighted by Gasteiger charge is 2.51. The molecular weight excluding hydrogens is 386 g/mol. The van der Waals surface area contributed by atoms with E-state index in [-0.39, 0.29) is 11.9 Å². The number of carbonyl (C=O) groups is 2. The first-order chi connectivity index (χ1) is 15.2. The molecule has 2 heterocycles. The normalized spacial score (nSPS) is 19.4. The largest absolute Gasteiger partial charge is 0.338 e. The molecule has 31 heavy (non-hydrogen) atoms. The van der Waals surface area contributed by atoms with Gasteiger partial charge in [0.25, 0.3) is 0 Å². The smallest absolute Gasteiger partial charge is 0.317 e. The van der Waals surface area contributed by atoms with E-state index < -0.39 is 5.41 Å². The molecule has 3 amide bonds. The van der Waals surface area contributed by atoms with Crippen LogP contribution in [0.3, 0.4) is 0 Å². The number of carbonyl (C=O) groups excluding carboxylic acids is 2. The summed E-state index contributed by atoms with van der Waals surface area (Å²) in [6.45, 7) is 1.56. The summed E-state index contributed by atoms with van der Waals surface area (Å²) in [7, 11) is 0. The summed E-state index contributed by atoms with van der Waals surface area (Å²) in [5.74, 6) is 0.00160.